The van der Waals surface area contributed by atoms with E-state index >= 15 is 0 Å². The Morgan fingerprint density at radius 3 is 1.43 bits per heavy atom. The number of hydrogen-bond acceptors (Lipinski definition) is 4. The van der Waals surface area contributed by atoms with Gasteiger partial charge in [-0.2, -0.15) is 0 Å². The molecule has 0 aliphatic heterocycles. The second-order valence-corrected chi connectivity index (χ2v) is 13.1. The van der Waals surface area contributed by atoms with E-state index in [0.29, 0.717) is 17.2 Å². The van der Waals surface area contributed by atoms with Gasteiger partial charge in [0.1, 0.15) is 22.8 Å². The molecule has 0 aliphatic carbocycles. The number of sulfone groups is 1. The minimum atomic E-state index is -3.64. The van der Waals surface area contributed by atoms with Crippen LogP contribution >= 0.6 is 0 Å². The van der Waals surface area contributed by atoms with E-state index in [1.54, 1.807) is 48.5 Å². The van der Waals surface area contributed by atoms with Crippen LogP contribution in [0.1, 0.15) is 67.4 Å². The van der Waals surface area contributed by atoms with E-state index in [1.807, 2.05) is 32.9 Å². The highest BCUT2D eigenvalue weighted by Gasteiger charge is 2.36. The third-order valence-corrected chi connectivity index (χ3v) is 8.87. The van der Waals surface area contributed by atoms with Crippen LogP contribution < -0.4 is 9.47 Å². The van der Waals surface area contributed by atoms with Gasteiger partial charge in [-0.25, -0.2) is 8.42 Å². The van der Waals surface area contributed by atoms with Gasteiger partial charge >= 0.3 is 0 Å². The summed E-state index contributed by atoms with van der Waals surface area (Å²) >= 11 is 0. The average molecular weight is 495 g/mol. The van der Waals surface area contributed by atoms with Crippen LogP contribution in [0.15, 0.2) is 82.6 Å². The SMILES string of the molecule is CCC(C)(C)C(C)(C)c1ccc(Oc2ccc(S(=O)(=O)c3ccc(OC(C)(C)C)cc3)cc2)cc1. The fourth-order valence-corrected chi connectivity index (χ4v) is 5.03. The van der Waals surface area contributed by atoms with Crippen LogP contribution in [0.25, 0.3) is 0 Å². The quantitative estimate of drug-likeness (QED) is 0.317. The second kappa shape index (κ2) is 9.69. The molecule has 0 aliphatic rings. The summed E-state index contributed by atoms with van der Waals surface area (Å²) < 4.78 is 37.9. The van der Waals surface area contributed by atoms with Crippen LogP contribution in [-0.4, -0.2) is 14.0 Å². The molecule has 0 amide bonds. The van der Waals surface area contributed by atoms with Gasteiger partial charge in [0, 0.05) is 0 Å². The van der Waals surface area contributed by atoms with Gasteiger partial charge in [0.05, 0.1) is 9.79 Å². The van der Waals surface area contributed by atoms with Crippen molar-refractivity contribution in [2.24, 2.45) is 5.41 Å². The summed E-state index contributed by atoms with van der Waals surface area (Å²) in [5.74, 6) is 1.93. The molecule has 188 valence electrons. The topological polar surface area (TPSA) is 52.6 Å². The molecule has 0 bridgehead atoms. The van der Waals surface area contributed by atoms with E-state index in [4.69, 9.17) is 9.47 Å². The van der Waals surface area contributed by atoms with Gasteiger partial charge in [-0.05, 0) is 97.8 Å². The standard InChI is InChI=1S/C30H38O4S/c1-9-29(5,6)30(7,8)22-10-12-23(13-11-22)33-24-14-18-26(19-15-24)35(31,32)27-20-16-25(17-21-27)34-28(2,3)4/h10-21H,9H2,1-8H3. The molecule has 0 saturated heterocycles. The van der Waals surface area contributed by atoms with E-state index in [0.717, 1.165) is 6.42 Å². The maximum atomic E-state index is 13.1. The van der Waals surface area contributed by atoms with Crippen LogP contribution in [-0.2, 0) is 15.3 Å². The lowest BCUT2D eigenvalue weighted by molar-refractivity contribution is 0.131. The molecule has 0 N–H and O–H groups in total. The Hall–Kier alpha value is -2.79. The average Bonchev–Trinajstić information content (AvgIpc) is 2.79. The van der Waals surface area contributed by atoms with Crippen molar-refractivity contribution in [3.63, 3.8) is 0 Å². The van der Waals surface area contributed by atoms with Crippen molar-refractivity contribution in [3.05, 3.63) is 78.4 Å². The summed E-state index contributed by atoms with van der Waals surface area (Å²) in [6.07, 6.45) is 1.09. The van der Waals surface area contributed by atoms with Gasteiger partial charge in [-0.3, -0.25) is 0 Å². The van der Waals surface area contributed by atoms with Crippen molar-refractivity contribution in [1.29, 1.82) is 0 Å². The molecule has 5 heteroatoms. The maximum absolute atomic E-state index is 13.1. The van der Waals surface area contributed by atoms with Gasteiger partial charge in [-0.1, -0.05) is 53.2 Å². The Kier molecular flexibility index (Phi) is 7.42. The molecule has 0 radical (unpaired) electrons. The first-order valence-corrected chi connectivity index (χ1v) is 13.6. The zero-order valence-electron chi connectivity index (χ0n) is 22.2. The number of ether oxygens (including phenoxy) is 2. The fraction of sp³-hybridized carbons (Fsp3) is 0.400. The molecule has 0 aromatic heterocycles. The highest BCUT2D eigenvalue weighted by atomic mass is 32.2. The number of rotatable bonds is 8. The zero-order chi connectivity index (χ0) is 26.1. The molecule has 35 heavy (non-hydrogen) atoms. The van der Waals surface area contributed by atoms with Crippen molar-refractivity contribution in [2.45, 2.75) is 82.6 Å². The highest BCUT2D eigenvalue weighted by Crippen LogP contribution is 2.44. The van der Waals surface area contributed by atoms with Crippen molar-refractivity contribution in [1.82, 2.24) is 0 Å². The molecule has 0 atom stereocenters. The molecule has 3 aromatic rings. The Balaban J connectivity index is 1.73. The zero-order valence-corrected chi connectivity index (χ0v) is 23.0. The van der Waals surface area contributed by atoms with Gasteiger partial charge in [0.25, 0.3) is 0 Å². The van der Waals surface area contributed by atoms with E-state index in [-0.39, 0.29) is 26.2 Å². The van der Waals surface area contributed by atoms with E-state index in [2.05, 4.69) is 46.8 Å². The van der Waals surface area contributed by atoms with Crippen LogP contribution in [0, 0.1) is 5.41 Å². The molecule has 3 aromatic carbocycles. The Labute approximate surface area is 211 Å². The van der Waals surface area contributed by atoms with Gasteiger partial charge in [-0.15, -0.1) is 0 Å². The van der Waals surface area contributed by atoms with Crippen LogP contribution in [0.5, 0.6) is 17.2 Å². The second-order valence-electron chi connectivity index (χ2n) is 11.1. The van der Waals surface area contributed by atoms with E-state index in [9.17, 15) is 8.42 Å². The molecule has 0 unspecified atom stereocenters. The highest BCUT2D eigenvalue weighted by molar-refractivity contribution is 7.91. The third-order valence-electron chi connectivity index (χ3n) is 7.08. The molecule has 3 rings (SSSR count). The molecular formula is C30H38O4S. The molecule has 0 spiro atoms. The summed E-state index contributed by atoms with van der Waals surface area (Å²) in [7, 11) is -3.64. The van der Waals surface area contributed by atoms with Crippen molar-refractivity contribution < 1.29 is 17.9 Å². The van der Waals surface area contributed by atoms with Crippen molar-refractivity contribution in [2.75, 3.05) is 0 Å². The molecule has 0 heterocycles. The lowest BCUT2D eigenvalue weighted by Crippen LogP contribution is -2.35. The molecule has 4 nitrogen and oxygen atoms in total. The predicted molar refractivity (Wildman–Crippen MR) is 142 cm³/mol. The van der Waals surface area contributed by atoms with Crippen LogP contribution in [0.3, 0.4) is 0 Å². The lowest BCUT2D eigenvalue weighted by atomic mass is 9.63. The molecular weight excluding hydrogens is 456 g/mol. The van der Waals surface area contributed by atoms with E-state index in [1.165, 1.54) is 5.56 Å². The summed E-state index contributed by atoms with van der Waals surface area (Å²) in [6.45, 7) is 17.2. The third kappa shape index (κ3) is 6.07. The monoisotopic (exact) mass is 494 g/mol. The first-order chi connectivity index (χ1) is 16.2. The Bertz CT molecular complexity index is 1230. The largest absolute Gasteiger partial charge is 0.488 e. The van der Waals surface area contributed by atoms with E-state index < -0.39 is 9.84 Å². The smallest absolute Gasteiger partial charge is 0.206 e. The number of hydrogen-bond donors (Lipinski definition) is 0. The van der Waals surface area contributed by atoms with Gasteiger partial charge in [0.2, 0.25) is 9.84 Å². The fourth-order valence-electron chi connectivity index (χ4n) is 3.77. The maximum Gasteiger partial charge on any atom is 0.206 e. The molecule has 0 saturated carbocycles. The summed E-state index contributed by atoms with van der Waals surface area (Å²) in [6, 6.07) is 21.2. The lowest BCUT2D eigenvalue weighted by Gasteiger charge is -2.41. The first-order valence-electron chi connectivity index (χ1n) is 12.1. The first kappa shape index (κ1) is 26.8. The predicted octanol–water partition coefficient (Wildman–Crippen LogP) is 8.20. The Morgan fingerprint density at radius 2 is 1.03 bits per heavy atom. The van der Waals surface area contributed by atoms with Crippen LogP contribution in [0.4, 0.5) is 0 Å². The van der Waals surface area contributed by atoms with Gasteiger partial charge in [0.15, 0.2) is 0 Å². The minimum Gasteiger partial charge on any atom is -0.488 e. The van der Waals surface area contributed by atoms with Crippen LogP contribution in [0.2, 0.25) is 0 Å². The summed E-state index contributed by atoms with van der Waals surface area (Å²) in [4.78, 5) is 0.439. The van der Waals surface area contributed by atoms with Crippen molar-refractivity contribution in [3.8, 4) is 17.2 Å². The van der Waals surface area contributed by atoms with Crippen molar-refractivity contribution >= 4 is 9.84 Å². The Morgan fingerprint density at radius 1 is 0.629 bits per heavy atom. The summed E-state index contributed by atoms with van der Waals surface area (Å²) in [5, 5.41) is 0. The minimum absolute atomic E-state index is 0.0212. The summed E-state index contributed by atoms with van der Waals surface area (Å²) in [5.41, 5.74) is 1.10. The van der Waals surface area contributed by atoms with Gasteiger partial charge < -0.3 is 9.47 Å². The molecule has 0 fully saturated rings. The normalized spacial score (nSPS) is 12.9. The number of benzene rings is 3.